The van der Waals surface area contributed by atoms with E-state index >= 15 is 0 Å². The first-order valence-electron chi connectivity index (χ1n) is 6.67. The first-order chi connectivity index (χ1) is 10.7. The van der Waals surface area contributed by atoms with Gasteiger partial charge in [-0.05, 0) is 24.3 Å². The van der Waals surface area contributed by atoms with E-state index in [1.165, 1.54) is 0 Å². The summed E-state index contributed by atoms with van der Waals surface area (Å²) >= 11 is 11.9. The second-order valence-electron chi connectivity index (χ2n) is 4.65. The van der Waals surface area contributed by atoms with Crippen LogP contribution in [0.25, 0.3) is 5.65 Å². The van der Waals surface area contributed by atoms with Crippen molar-refractivity contribution >= 4 is 34.8 Å². The fourth-order valence-electron chi connectivity index (χ4n) is 2.12. The highest BCUT2D eigenvalue weighted by Crippen LogP contribution is 2.25. The summed E-state index contributed by atoms with van der Waals surface area (Å²) in [7, 11) is 0. The molecule has 0 radical (unpaired) electrons. The lowest BCUT2D eigenvalue weighted by Gasteiger charge is -2.07. The zero-order valence-corrected chi connectivity index (χ0v) is 13.0. The van der Waals surface area contributed by atoms with E-state index in [1.807, 2.05) is 28.8 Å². The summed E-state index contributed by atoms with van der Waals surface area (Å²) in [5.41, 5.74) is 1.14. The molecular weight excluding hydrogens is 323 g/mol. The molecule has 0 aliphatic rings. The van der Waals surface area contributed by atoms with Gasteiger partial charge < -0.3 is 5.32 Å². The van der Waals surface area contributed by atoms with Crippen molar-refractivity contribution in [3.05, 3.63) is 64.0 Å². The topological polar surface area (TPSA) is 59.3 Å². The molecule has 3 aromatic rings. The molecule has 1 amide bonds. The number of carbonyl (C=O) groups is 1. The molecule has 7 heteroatoms. The van der Waals surface area contributed by atoms with Gasteiger partial charge in [0.05, 0.1) is 15.6 Å². The van der Waals surface area contributed by atoms with E-state index in [0.29, 0.717) is 23.6 Å². The minimum atomic E-state index is -0.263. The van der Waals surface area contributed by atoms with Crippen molar-refractivity contribution in [2.24, 2.45) is 0 Å². The van der Waals surface area contributed by atoms with Crippen molar-refractivity contribution < 1.29 is 4.79 Å². The Morgan fingerprint density at radius 3 is 2.86 bits per heavy atom. The van der Waals surface area contributed by atoms with Crippen LogP contribution >= 0.6 is 23.2 Å². The van der Waals surface area contributed by atoms with Gasteiger partial charge in [0.2, 0.25) is 0 Å². The molecule has 1 aromatic carbocycles. The Bertz CT molecular complexity index is 831. The van der Waals surface area contributed by atoms with Gasteiger partial charge in [0.25, 0.3) is 5.91 Å². The van der Waals surface area contributed by atoms with E-state index < -0.39 is 0 Å². The number of carbonyl (C=O) groups excluding carboxylic acids is 1. The standard InChI is InChI=1S/C15H12Cl2N4O/c16-11-5-3-4-10(14(11)17)15(22)18-8-7-13-20-19-12-6-1-2-9-21(12)13/h1-6,9H,7-8H2,(H,18,22). The number of hydrogen-bond acceptors (Lipinski definition) is 3. The van der Waals surface area contributed by atoms with Crippen molar-refractivity contribution in [2.45, 2.75) is 6.42 Å². The zero-order chi connectivity index (χ0) is 15.5. The zero-order valence-electron chi connectivity index (χ0n) is 11.5. The number of pyridine rings is 1. The van der Waals surface area contributed by atoms with E-state index in [0.717, 1.165) is 11.5 Å². The van der Waals surface area contributed by atoms with Crippen LogP contribution in [-0.2, 0) is 6.42 Å². The molecule has 0 spiro atoms. The quantitative estimate of drug-likeness (QED) is 0.797. The Morgan fingerprint density at radius 1 is 1.14 bits per heavy atom. The van der Waals surface area contributed by atoms with Crippen molar-refractivity contribution in [1.82, 2.24) is 19.9 Å². The second-order valence-corrected chi connectivity index (χ2v) is 5.44. The number of aromatic nitrogens is 3. The average Bonchev–Trinajstić information content (AvgIpc) is 2.93. The molecule has 0 aliphatic heterocycles. The maximum absolute atomic E-state index is 12.1. The maximum Gasteiger partial charge on any atom is 0.252 e. The van der Waals surface area contributed by atoms with Crippen LogP contribution in [0.4, 0.5) is 0 Å². The predicted molar refractivity (Wildman–Crippen MR) is 85.5 cm³/mol. The van der Waals surface area contributed by atoms with E-state index in [-0.39, 0.29) is 10.9 Å². The van der Waals surface area contributed by atoms with Gasteiger partial charge in [-0.15, -0.1) is 10.2 Å². The summed E-state index contributed by atoms with van der Waals surface area (Å²) in [5, 5.41) is 11.6. The third-order valence-corrected chi connectivity index (χ3v) is 4.03. The van der Waals surface area contributed by atoms with Crippen LogP contribution in [0.1, 0.15) is 16.2 Å². The number of hydrogen-bond donors (Lipinski definition) is 1. The van der Waals surface area contributed by atoms with Crippen molar-refractivity contribution in [1.29, 1.82) is 0 Å². The minimum Gasteiger partial charge on any atom is -0.352 e. The molecule has 5 nitrogen and oxygen atoms in total. The molecule has 0 aliphatic carbocycles. The summed E-state index contributed by atoms with van der Waals surface area (Å²) in [6.45, 7) is 0.428. The normalized spacial score (nSPS) is 10.8. The monoisotopic (exact) mass is 334 g/mol. The first kappa shape index (κ1) is 14.8. The summed E-state index contributed by atoms with van der Waals surface area (Å²) < 4.78 is 1.89. The second kappa shape index (κ2) is 6.34. The van der Waals surface area contributed by atoms with Gasteiger partial charge in [-0.1, -0.05) is 35.3 Å². The van der Waals surface area contributed by atoms with Gasteiger partial charge in [-0.2, -0.15) is 0 Å². The van der Waals surface area contributed by atoms with Gasteiger partial charge in [-0.25, -0.2) is 0 Å². The molecule has 1 N–H and O–H groups in total. The van der Waals surface area contributed by atoms with Crippen LogP contribution < -0.4 is 5.32 Å². The summed E-state index contributed by atoms with van der Waals surface area (Å²) in [4.78, 5) is 12.1. The molecule has 2 heterocycles. The molecule has 0 atom stereocenters. The smallest absolute Gasteiger partial charge is 0.252 e. The van der Waals surface area contributed by atoms with Crippen LogP contribution in [0, 0.1) is 0 Å². The van der Waals surface area contributed by atoms with Gasteiger partial charge in [0.1, 0.15) is 5.82 Å². The number of amides is 1. The number of halogens is 2. The Hall–Kier alpha value is -2.11. The Morgan fingerprint density at radius 2 is 2.00 bits per heavy atom. The van der Waals surface area contributed by atoms with Crippen LogP contribution in [0.3, 0.4) is 0 Å². The van der Waals surface area contributed by atoms with E-state index in [1.54, 1.807) is 18.2 Å². The molecular formula is C15H12Cl2N4O. The number of nitrogens with one attached hydrogen (secondary N) is 1. The molecule has 0 saturated heterocycles. The van der Waals surface area contributed by atoms with Gasteiger partial charge in [0, 0.05) is 19.2 Å². The van der Waals surface area contributed by atoms with Crippen molar-refractivity contribution in [3.8, 4) is 0 Å². The van der Waals surface area contributed by atoms with Gasteiger partial charge >= 0.3 is 0 Å². The lowest BCUT2D eigenvalue weighted by Crippen LogP contribution is -2.26. The molecule has 112 valence electrons. The predicted octanol–water partition coefficient (Wildman–Crippen LogP) is 3.01. The molecule has 0 unspecified atom stereocenters. The number of nitrogens with zero attached hydrogens (tertiary/aromatic N) is 3. The van der Waals surface area contributed by atoms with Crippen LogP contribution in [0.15, 0.2) is 42.6 Å². The van der Waals surface area contributed by atoms with Crippen LogP contribution in [0.5, 0.6) is 0 Å². The summed E-state index contributed by atoms with van der Waals surface area (Å²) in [5.74, 6) is 0.523. The molecule has 3 rings (SSSR count). The Balaban J connectivity index is 1.66. The largest absolute Gasteiger partial charge is 0.352 e. The first-order valence-corrected chi connectivity index (χ1v) is 7.43. The molecule has 2 aromatic heterocycles. The molecule has 0 bridgehead atoms. The third kappa shape index (κ3) is 2.91. The number of fused-ring (bicyclic) bond motifs is 1. The number of benzene rings is 1. The average molecular weight is 335 g/mol. The van der Waals surface area contributed by atoms with E-state index in [4.69, 9.17) is 23.2 Å². The van der Waals surface area contributed by atoms with Gasteiger partial charge in [-0.3, -0.25) is 9.20 Å². The lowest BCUT2D eigenvalue weighted by atomic mass is 10.2. The maximum atomic E-state index is 12.1. The minimum absolute atomic E-state index is 0.259. The fourth-order valence-corrected chi connectivity index (χ4v) is 2.51. The summed E-state index contributed by atoms with van der Waals surface area (Å²) in [6, 6.07) is 10.6. The highest BCUT2D eigenvalue weighted by molar-refractivity contribution is 6.43. The SMILES string of the molecule is O=C(NCCc1nnc2ccccn12)c1cccc(Cl)c1Cl. The highest BCUT2D eigenvalue weighted by atomic mass is 35.5. The van der Waals surface area contributed by atoms with Crippen molar-refractivity contribution in [2.75, 3.05) is 6.54 Å². The summed E-state index contributed by atoms with van der Waals surface area (Å²) in [6.07, 6.45) is 2.45. The van der Waals surface area contributed by atoms with Gasteiger partial charge in [0.15, 0.2) is 5.65 Å². The van der Waals surface area contributed by atoms with Crippen molar-refractivity contribution in [3.63, 3.8) is 0 Å². The number of rotatable bonds is 4. The molecule has 0 fully saturated rings. The fraction of sp³-hybridized carbons (Fsp3) is 0.133. The van der Waals surface area contributed by atoms with E-state index in [2.05, 4.69) is 15.5 Å². The Labute approximate surface area is 136 Å². The van der Waals surface area contributed by atoms with E-state index in [9.17, 15) is 4.79 Å². The molecule has 0 saturated carbocycles. The lowest BCUT2D eigenvalue weighted by molar-refractivity contribution is 0.0954. The Kier molecular flexibility index (Phi) is 4.27. The molecule has 22 heavy (non-hydrogen) atoms. The highest BCUT2D eigenvalue weighted by Gasteiger charge is 2.12. The van der Waals surface area contributed by atoms with Crippen LogP contribution in [0.2, 0.25) is 10.0 Å². The van der Waals surface area contributed by atoms with Crippen LogP contribution in [-0.4, -0.2) is 27.0 Å². The third-order valence-electron chi connectivity index (χ3n) is 3.21.